The third kappa shape index (κ3) is 4.57. The van der Waals surface area contributed by atoms with Crippen molar-refractivity contribution in [3.63, 3.8) is 0 Å². The largest absolute Gasteiger partial charge is 0.476 e. The number of rotatable bonds is 5. The number of carbonyl (C=O) groups is 2. The predicted octanol–water partition coefficient (Wildman–Crippen LogP) is -0.419. The van der Waals surface area contributed by atoms with E-state index in [1.54, 1.807) is 5.12 Å². The molecule has 0 aromatic rings. The van der Waals surface area contributed by atoms with Crippen molar-refractivity contribution in [1.82, 2.24) is 15.1 Å². The third-order valence-corrected chi connectivity index (χ3v) is 4.96. The molecule has 0 aliphatic carbocycles. The number of hydrogen-bond donors (Lipinski definition) is 0. The van der Waals surface area contributed by atoms with E-state index in [0.29, 0.717) is 52.6 Å². The van der Waals surface area contributed by atoms with Crippen molar-refractivity contribution in [2.24, 2.45) is 0 Å². The lowest BCUT2D eigenvalue weighted by Crippen LogP contribution is -2.59. The number of morpholine rings is 2. The van der Waals surface area contributed by atoms with Gasteiger partial charge in [-0.05, 0) is 0 Å². The molecule has 0 spiro atoms. The molecule has 0 aromatic heterocycles. The van der Waals surface area contributed by atoms with Gasteiger partial charge < -0.3 is 23.7 Å². The summed E-state index contributed by atoms with van der Waals surface area (Å²) >= 11 is 0. The predicted molar refractivity (Wildman–Crippen MR) is 101 cm³/mol. The van der Waals surface area contributed by atoms with Gasteiger partial charge in [0.25, 0.3) is 0 Å². The number of carbonyl (C=O) groups excluding carboxylic acids is 2. The highest BCUT2D eigenvalue weighted by atomic mass is 16.5. The van der Waals surface area contributed by atoms with E-state index in [9.17, 15) is 14.9 Å². The second-order valence-electron chi connectivity index (χ2n) is 6.65. The number of nitrogens with zero attached hydrogens (tertiary/aromatic N) is 4. The molecule has 2 saturated heterocycles. The minimum absolute atomic E-state index is 0.112. The summed E-state index contributed by atoms with van der Waals surface area (Å²) in [4.78, 5) is 25.5. The molecule has 0 N–H and O–H groups in total. The normalized spacial score (nSPS) is 21.4. The van der Waals surface area contributed by atoms with Gasteiger partial charge >= 0.3 is 11.9 Å². The quantitative estimate of drug-likeness (QED) is 0.538. The standard InChI is InChI=1S/C19H26N4O7/c1-26-18(24)15-14(13-20)3-8-30-17(16(15)19(25)27-2)23(21-4-9-28-10-5-21)22-6-11-29-12-7-22/h3-12H2,1-2H3. The molecule has 3 rings (SSSR count). The summed E-state index contributed by atoms with van der Waals surface area (Å²) in [5.41, 5.74) is -0.150. The van der Waals surface area contributed by atoms with Crippen molar-refractivity contribution < 1.29 is 33.3 Å². The van der Waals surface area contributed by atoms with E-state index >= 15 is 0 Å². The van der Waals surface area contributed by atoms with Crippen LogP contribution in [0, 0.1) is 11.3 Å². The molecule has 3 heterocycles. The summed E-state index contributed by atoms with van der Waals surface area (Å²) in [5.74, 6) is -1.44. The zero-order chi connectivity index (χ0) is 21.5. The lowest BCUT2D eigenvalue weighted by molar-refractivity contribution is -0.228. The summed E-state index contributed by atoms with van der Waals surface area (Å²) < 4.78 is 26.8. The topological polar surface area (TPSA) is 114 Å². The van der Waals surface area contributed by atoms with Crippen LogP contribution < -0.4 is 0 Å². The minimum atomic E-state index is -0.793. The summed E-state index contributed by atoms with van der Waals surface area (Å²) in [7, 11) is 2.42. The molecule has 11 nitrogen and oxygen atoms in total. The first kappa shape index (κ1) is 22.0. The van der Waals surface area contributed by atoms with Crippen molar-refractivity contribution >= 4 is 11.9 Å². The number of methoxy groups -OCH3 is 2. The number of hydrogen-bond acceptors (Lipinski definition) is 11. The van der Waals surface area contributed by atoms with Crippen LogP contribution in [-0.2, 0) is 33.3 Å². The van der Waals surface area contributed by atoms with Crippen molar-refractivity contribution in [2.45, 2.75) is 6.42 Å². The van der Waals surface area contributed by atoms with E-state index in [2.05, 4.69) is 0 Å². The van der Waals surface area contributed by atoms with Crippen LogP contribution in [0.5, 0.6) is 0 Å². The zero-order valence-electron chi connectivity index (χ0n) is 17.2. The van der Waals surface area contributed by atoms with Crippen LogP contribution >= 0.6 is 0 Å². The Morgan fingerprint density at radius 3 is 1.87 bits per heavy atom. The van der Waals surface area contributed by atoms with Crippen molar-refractivity contribution in [3.05, 3.63) is 22.6 Å². The molecule has 164 valence electrons. The van der Waals surface area contributed by atoms with Gasteiger partial charge in [-0.3, -0.25) is 0 Å². The Morgan fingerprint density at radius 1 is 0.900 bits per heavy atom. The van der Waals surface area contributed by atoms with Gasteiger partial charge in [-0.2, -0.15) is 15.3 Å². The summed E-state index contributed by atoms with van der Waals surface area (Å²) in [6.45, 7) is 4.36. The van der Waals surface area contributed by atoms with E-state index in [-0.39, 0.29) is 35.6 Å². The van der Waals surface area contributed by atoms with Gasteiger partial charge in [-0.1, -0.05) is 0 Å². The second-order valence-corrected chi connectivity index (χ2v) is 6.65. The first-order valence-corrected chi connectivity index (χ1v) is 9.75. The molecule has 2 fully saturated rings. The van der Waals surface area contributed by atoms with Crippen LogP contribution in [0.25, 0.3) is 0 Å². The van der Waals surface area contributed by atoms with Crippen molar-refractivity contribution in [3.8, 4) is 6.07 Å². The van der Waals surface area contributed by atoms with Crippen LogP contribution in [0.1, 0.15) is 6.42 Å². The Balaban J connectivity index is 2.18. The molecule has 0 radical (unpaired) electrons. The van der Waals surface area contributed by atoms with E-state index in [0.717, 1.165) is 0 Å². The monoisotopic (exact) mass is 422 g/mol. The maximum atomic E-state index is 12.9. The van der Waals surface area contributed by atoms with Gasteiger partial charge in [-0.25, -0.2) is 14.7 Å². The van der Waals surface area contributed by atoms with Crippen LogP contribution in [-0.4, -0.2) is 101 Å². The van der Waals surface area contributed by atoms with E-state index < -0.39 is 11.9 Å². The van der Waals surface area contributed by atoms with Crippen molar-refractivity contribution in [1.29, 1.82) is 5.26 Å². The molecule has 3 aliphatic heterocycles. The summed E-state index contributed by atoms with van der Waals surface area (Å²) in [5, 5.41) is 15.3. The van der Waals surface area contributed by atoms with Crippen LogP contribution in [0.4, 0.5) is 0 Å². The molecular formula is C19H26N4O7. The van der Waals surface area contributed by atoms with Crippen molar-refractivity contribution in [2.75, 3.05) is 73.4 Å². The first-order valence-electron chi connectivity index (χ1n) is 9.75. The van der Waals surface area contributed by atoms with Gasteiger partial charge in [0.05, 0.1) is 58.9 Å². The SMILES string of the molecule is COC(=O)C1=C(C#N)CCOC(N(N2CCOCC2)N2CCOCC2)=C1C(=O)OC. The van der Waals surface area contributed by atoms with Crippen LogP contribution in [0.2, 0.25) is 0 Å². The summed E-state index contributed by atoms with van der Waals surface area (Å²) in [6.07, 6.45) is 0.158. The number of nitriles is 1. The average Bonchev–Trinajstić information content (AvgIpc) is 2.99. The fraction of sp³-hybridized carbons (Fsp3) is 0.632. The number of ether oxygens (including phenoxy) is 5. The molecule has 0 saturated carbocycles. The van der Waals surface area contributed by atoms with E-state index in [4.69, 9.17) is 23.7 Å². The highest BCUT2D eigenvalue weighted by Gasteiger charge is 2.39. The smallest absolute Gasteiger partial charge is 0.344 e. The molecule has 0 atom stereocenters. The molecule has 0 unspecified atom stereocenters. The minimum Gasteiger partial charge on any atom is -0.476 e. The second kappa shape index (κ2) is 10.4. The lowest BCUT2D eigenvalue weighted by Gasteiger charge is -2.46. The van der Waals surface area contributed by atoms with Crippen LogP contribution in [0.15, 0.2) is 22.6 Å². The molecule has 0 bridgehead atoms. The Kier molecular flexibility index (Phi) is 7.64. The van der Waals surface area contributed by atoms with Gasteiger partial charge in [-0.15, -0.1) is 0 Å². The first-order chi connectivity index (χ1) is 14.6. The molecule has 0 amide bonds. The van der Waals surface area contributed by atoms with Gasteiger partial charge in [0, 0.05) is 38.2 Å². The third-order valence-electron chi connectivity index (χ3n) is 4.96. The molecule has 0 aromatic carbocycles. The molecular weight excluding hydrogens is 396 g/mol. The maximum absolute atomic E-state index is 12.9. The zero-order valence-corrected chi connectivity index (χ0v) is 17.2. The fourth-order valence-electron chi connectivity index (χ4n) is 3.52. The highest BCUT2D eigenvalue weighted by molar-refractivity contribution is 6.08. The Hall–Kier alpha value is -2.65. The average molecular weight is 422 g/mol. The highest BCUT2D eigenvalue weighted by Crippen LogP contribution is 2.31. The molecule has 3 aliphatic rings. The van der Waals surface area contributed by atoms with Gasteiger partial charge in [0.15, 0.2) is 0 Å². The van der Waals surface area contributed by atoms with E-state index in [1.807, 2.05) is 16.1 Å². The maximum Gasteiger partial charge on any atom is 0.344 e. The number of hydrazine groups is 2. The Bertz CT molecular complexity index is 743. The number of esters is 2. The lowest BCUT2D eigenvalue weighted by atomic mass is 9.99. The fourth-order valence-corrected chi connectivity index (χ4v) is 3.52. The molecule has 30 heavy (non-hydrogen) atoms. The Morgan fingerprint density at radius 2 is 1.40 bits per heavy atom. The van der Waals surface area contributed by atoms with E-state index in [1.165, 1.54) is 14.2 Å². The Labute approximate surface area is 174 Å². The van der Waals surface area contributed by atoms with Crippen LogP contribution in [0.3, 0.4) is 0 Å². The molecule has 11 heteroatoms. The van der Waals surface area contributed by atoms with Gasteiger partial charge in [0.2, 0.25) is 5.88 Å². The van der Waals surface area contributed by atoms with Gasteiger partial charge in [0.1, 0.15) is 5.57 Å². The summed E-state index contributed by atoms with van der Waals surface area (Å²) in [6, 6.07) is 2.01.